The molecule has 0 atom stereocenters. The van der Waals surface area contributed by atoms with Crippen LogP contribution in [0.2, 0.25) is 0 Å². The first-order valence-electron chi connectivity index (χ1n) is 10.5. The van der Waals surface area contributed by atoms with Gasteiger partial charge in [0.25, 0.3) is 5.91 Å². The van der Waals surface area contributed by atoms with Crippen LogP contribution in [0.4, 0.5) is 11.4 Å². The van der Waals surface area contributed by atoms with E-state index in [1.807, 2.05) is 54.6 Å². The van der Waals surface area contributed by atoms with E-state index in [9.17, 15) is 9.59 Å². The van der Waals surface area contributed by atoms with Crippen molar-refractivity contribution in [3.05, 3.63) is 102 Å². The predicted octanol–water partition coefficient (Wildman–Crippen LogP) is 6.01. The molecule has 0 aliphatic heterocycles. The zero-order valence-corrected chi connectivity index (χ0v) is 17.7. The number of aromatic nitrogens is 1. The number of para-hydroxylation sites is 1. The highest BCUT2D eigenvalue weighted by Crippen LogP contribution is 2.18. The van der Waals surface area contributed by atoms with E-state index in [-0.39, 0.29) is 11.8 Å². The summed E-state index contributed by atoms with van der Waals surface area (Å²) in [6.45, 7) is 1.79. The van der Waals surface area contributed by atoms with Crippen molar-refractivity contribution in [1.82, 2.24) is 4.98 Å². The summed E-state index contributed by atoms with van der Waals surface area (Å²) < 4.78 is 0. The van der Waals surface area contributed by atoms with Crippen molar-refractivity contribution >= 4 is 46.2 Å². The second-order valence-corrected chi connectivity index (χ2v) is 7.32. The molecule has 0 aliphatic carbocycles. The number of nitrogens with zero attached hydrogens (tertiary/aromatic N) is 1. The maximum atomic E-state index is 12.6. The van der Waals surface area contributed by atoms with Crippen LogP contribution in [0.25, 0.3) is 23.1 Å². The van der Waals surface area contributed by atoms with Gasteiger partial charge in [-0.1, -0.05) is 55.5 Å². The third-order valence-electron chi connectivity index (χ3n) is 4.96. The van der Waals surface area contributed by atoms with Crippen LogP contribution in [-0.4, -0.2) is 16.8 Å². The number of pyridine rings is 1. The average molecular weight is 422 g/mol. The highest BCUT2D eigenvalue weighted by atomic mass is 16.2. The molecule has 0 unspecified atom stereocenters. The van der Waals surface area contributed by atoms with Crippen LogP contribution >= 0.6 is 0 Å². The molecule has 2 amide bonds. The Hall–Kier alpha value is -4.25. The van der Waals surface area contributed by atoms with Gasteiger partial charge in [0.05, 0.1) is 11.2 Å². The van der Waals surface area contributed by atoms with Crippen molar-refractivity contribution in [3.63, 3.8) is 0 Å². The summed E-state index contributed by atoms with van der Waals surface area (Å²) >= 11 is 0. The monoisotopic (exact) mass is 421 g/mol. The summed E-state index contributed by atoms with van der Waals surface area (Å²) in [5.74, 6) is -0.285. The predicted molar refractivity (Wildman–Crippen MR) is 130 cm³/mol. The number of rotatable bonds is 6. The van der Waals surface area contributed by atoms with Crippen LogP contribution < -0.4 is 10.6 Å². The topological polar surface area (TPSA) is 71.1 Å². The Balaban J connectivity index is 1.41. The van der Waals surface area contributed by atoms with Crippen LogP contribution in [0.1, 0.15) is 35.0 Å². The van der Waals surface area contributed by atoms with Gasteiger partial charge in [-0.2, -0.15) is 0 Å². The van der Waals surface area contributed by atoms with Crippen molar-refractivity contribution in [3.8, 4) is 0 Å². The molecule has 5 heteroatoms. The fraction of sp³-hybridized carbons (Fsp3) is 0.0741. The van der Waals surface area contributed by atoms with Crippen molar-refractivity contribution in [2.45, 2.75) is 13.3 Å². The first kappa shape index (κ1) is 21.0. The lowest BCUT2D eigenvalue weighted by Crippen LogP contribution is -2.13. The van der Waals surface area contributed by atoms with Gasteiger partial charge < -0.3 is 10.6 Å². The molecular weight excluding hydrogens is 398 g/mol. The number of benzene rings is 3. The Morgan fingerprint density at radius 3 is 2.34 bits per heavy atom. The molecule has 0 radical (unpaired) electrons. The molecule has 0 saturated heterocycles. The Labute approximate surface area is 186 Å². The SMILES string of the molecule is CCC(=O)Nc1cccc(NC(=O)c2ccc(C=Cc3ccc4ccccc4n3)cc2)c1. The summed E-state index contributed by atoms with van der Waals surface area (Å²) in [5, 5.41) is 6.76. The highest BCUT2D eigenvalue weighted by Gasteiger charge is 2.07. The maximum absolute atomic E-state index is 12.6. The second kappa shape index (κ2) is 9.71. The molecule has 0 bridgehead atoms. The molecule has 5 nitrogen and oxygen atoms in total. The van der Waals surface area contributed by atoms with E-state index in [4.69, 9.17) is 0 Å². The number of carbonyl (C=O) groups excluding carboxylic acids is 2. The second-order valence-electron chi connectivity index (χ2n) is 7.32. The Morgan fingerprint density at radius 1 is 0.812 bits per heavy atom. The van der Waals surface area contributed by atoms with Gasteiger partial charge in [0, 0.05) is 28.7 Å². The third kappa shape index (κ3) is 5.26. The van der Waals surface area contributed by atoms with E-state index in [0.717, 1.165) is 22.2 Å². The molecule has 0 aliphatic rings. The number of anilines is 2. The van der Waals surface area contributed by atoms with Crippen molar-refractivity contribution in [1.29, 1.82) is 0 Å². The summed E-state index contributed by atoms with van der Waals surface area (Å²) in [4.78, 5) is 28.8. The molecule has 4 aromatic rings. The fourth-order valence-corrected chi connectivity index (χ4v) is 3.23. The van der Waals surface area contributed by atoms with E-state index in [1.165, 1.54) is 0 Å². The molecule has 3 aromatic carbocycles. The number of nitrogens with one attached hydrogen (secondary N) is 2. The minimum atomic E-state index is -0.212. The van der Waals surface area contributed by atoms with Gasteiger partial charge in [0.1, 0.15) is 0 Å². The maximum Gasteiger partial charge on any atom is 0.255 e. The molecule has 4 rings (SSSR count). The minimum Gasteiger partial charge on any atom is -0.326 e. The van der Waals surface area contributed by atoms with E-state index < -0.39 is 0 Å². The van der Waals surface area contributed by atoms with E-state index >= 15 is 0 Å². The Morgan fingerprint density at radius 2 is 1.56 bits per heavy atom. The van der Waals surface area contributed by atoms with Crippen LogP contribution in [0, 0.1) is 0 Å². The Kier molecular flexibility index (Phi) is 6.37. The zero-order valence-electron chi connectivity index (χ0n) is 17.7. The lowest BCUT2D eigenvalue weighted by molar-refractivity contribution is -0.115. The number of carbonyl (C=O) groups is 2. The highest BCUT2D eigenvalue weighted by molar-refractivity contribution is 6.04. The summed E-state index contributed by atoms with van der Waals surface area (Å²) in [6, 6.07) is 26.5. The van der Waals surface area contributed by atoms with Gasteiger partial charge in [-0.05, 0) is 54.1 Å². The van der Waals surface area contributed by atoms with E-state index in [2.05, 4.69) is 21.7 Å². The van der Waals surface area contributed by atoms with Gasteiger partial charge in [0.2, 0.25) is 5.91 Å². The van der Waals surface area contributed by atoms with Gasteiger partial charge in [-0.25, -0.2) is 4.98 Å². The largest absolute Gasteiger partial charge is 0.326 e. The molecule has 1 heterocycles. The quantitative estimate of drug-likeness (QED) is 0.401. The van der Waals surface area contributed by atoms with Crippen LogP contribution in [0.15, 0.2) is 84.9 Å². The zero-order chi connectivity index (χ0) is 22.3. The molecule has 2 N–H and O–H groups in total. The summed E-state index contributed by atoms with van der Waals surface area (Å²) in [6.07, 6.45) is 4.32. The first-order chi connectivity index (χ1) is 15.6. The smallest absolute Gasteiger partial charge is 0.255 e. The van der Waals surface area contributed by atoms with E-state index in [1.54, 1.807) is 43.3 Å². The molecule has 0 spiro atoms. The number of amides is 2. The van der Waals surface area contributed by atoms with Crippen LogP contribution in [0.3, 0.4) is 0 Å². The number of hydrogen-bond donors (Lipinski definition) is 2. The van der Waals surface area contributed by atoms with Gasteiger partial charge >= 0.3 is 0 Å². The molecule has 0 saturated carbocycles. The summed E-state index contributed by atoms with van der Waals surface area (Å²) in [7, 11) is 0. The van der Waals surface area contributed by atoms with Crippen molar-refractivity contribution in [2.75, 3.05) is 10.6 Å². The Bertz CT molecular complexity index is 1290. The van der Waals surface area contributed by atoms with Crippen molar-refractivity contribution in [2.24, 2.45) is 0 Å². The summed E-state index contributed by atoms with van der Waals surface area (Å²) in [5.41, 5.74) is 4.63. The van der Waals surface area contributed by atoms with Gasteiger partial charge in [0.15, 0.2) is 0 Å². The minimum absolute atomic E-state index is 0.0731. The van der Waals surface area contributed by atoms with Gasteiger partial charge in [-0.15, -0.1) is 0 Å². The molecule has 0 fully saturated rings. The van der Waals surface area contributed by atoms with Crippen LogP contribution in [-0.2, 0) is 4.79 Å². The number of hydrogen-bond acceptors (Lipinski definition) is 3. The lowest BCUT2D eigenvalue weighted by atomic mass is 10.1. The molecule has 32 heavy (non-hydrogen) atoms. The van der Waals surface area contributed by atoms with Crippen LogP contribution in [0.5, 0.6) is 0 Å². The fourth-order valence-electron chi connectivity index (χ4n) is 3.23. The molecule has 1 aromatic heterocycles. The normalized spacial score (nSPS) is 10.9. The first-order valence-corrected chi connectivity index (χ1v) is 10.5. The lowest BCUT2D eigenvalue weighted by Gasteiger charge is -2.08. The third-order valence-corrected chi connectivity index (χ3v) is 4.96. The standard InChI is InChI=1S/C27H23N3O2/c1-2-26(31)29-23-7-5-8-24(18-23)30-27(32)21-13-10-19(11-14-21)12-16-22-17-15-20-6-3-4-9-25(20)28-22/h3-18H,2H2,1H3,(H,29,31)(H,30,32). The molecule has 158 valence electrons. The van der Waals surface area contributed by atoms with Crippen molar-refractivity contribution < 1.29 is 9.59 Å². The van der Waals surface area contributed by atoms with Gasteiger partial charge in [-0.3, -0.25) is 9.59 Å². The average Bonchev–Trinajstić information content (AvgIpc) is 2.83. The van der Waals surface area contributed by atoms with E-state index in [0.29, 0.717) is 23.4 Å². The molecular formula is C27H23N3O2. The number of fused-ring (bicyclic) bond motifs is 1.